The Morgan fingerprint density at radius 2 is 2.00 bits per heavy atom. The number of halogens is 2. The van der Waals surface area contributed by atoms with Crippen molar-refractivity contribution in [3.05, 3.63) is 29.6 Å². The van der Waals surface area contributed by atoms with Crippen LogP contribution >= 0.6 is 12.4 Å². The Morgan fingerprint density at radius 3 is 2.55 bits per heavy atom. The van der Waals surface area contributed by atoms with E-state index in [4.69, 9.17) is 0 Å². The van der Waals surface area contributed by atoms with Gasteiger partial charge in [0.2, 0.25) is 5.91 Å². The SMILES string of the molecule is CNCCN(C)C(=O)c1ccc(F)c(NC(C)=O)c1.Cl. The first kappa shape index (κ1) is 18.3. The van der Waals surface area contributed by atoms with Gasteiger partial charge in [0, 0.05) is 32.6 Å². The molecule has 1 aromatic carbocycles. The van der Waals surface area contributed by atoms with Gasteiger partial charge in [0.1, 0.15) is 5.82 Å². The monoisotopic (exact) mass is 303 g/mol. The molecule has 0 heterocycles. The van der Waals surface area contributed by atoms with Gasteiger partial charge in [0.05, 0.1) is 5.69 Å². The third-order valence-electron chi connectivity index (χ3n) is 2.57. The lowest BCUT2D eigenvalue weighted by molar-refractivity contribution is -0.114. The van der Waals surface area contributed by atoms with Gasteiger partial charge in [-0.05, 0) is 25.2 Å². The molecule has 0 aromatic heterocycles. The number of anilines is 1. The second-order valence-corrected chi connectivity index (χ2v) is 4.21. The highest BCUT2D eigenvalue weighted by atomic mass is 35.5. The molecule has 112 valence electrons. The fraction of sp³-hybridized carbons (Fsp3) is 0.385. The largest absolute Gasteiger partial charge is 0.340 e. The van der Waals surface area contributed by atoms with Gasteiger partial charge in [-0.25, -0.2) is 4.39 Å². The van der Waals surface area contributed by atoms with Gasteiger partial charge in [-0.2, -0.15) is 0 Å². The standard InChI is InChI=1S/C13H18FN3O2.ClH/c1-9(18)16-12-8-10(4-5-11(12)14)13(19)17(3)7-6-15-2;/h4-5,8,15H,6-7H2,1-3H3,(H,16,18);1H. The van der Waals surface area contributed by atoms with Gasteiger partial charge in [-0.1, -0.05) is 0 Å². The molecule has 2 amide bonds. The summed E-state index contributed by atoms with van der Waals surface area (Å²) in [6.45, 7) is 2.50. The van der Waals surface area contributed by atoms with Crippen LogP contribution in [0.15, 0.2) is 18.2 Å². The summed E-state index contributed by atoms with van der Waals surface area (Å²) in [5, 5.41) is 5.29. The first-order chi connectivity index (χ1) is 8.95. The molecule has 0 saturated carbocycles. The Labute approximate surface area is 123 Å². The molecule has 1 aromatic rings. The fourth-order valence-corrected chi connectivity index (χ4v) is 1.55. The first-order valence-corrected chi connectivity index (χ1v) is 5.93. The number of nitrogens with zero attached hydrogens (tertiary/aromatic N) is 1. The minimum atomic E-state index is -0.565. The molecule has 2 N–H and O–H groups in total. The molecule has 7 heteroatoms. The van der Waals surface area contributed by atoms with Crippen LogP contribution in [0.5, 0.6) is 0 Å². The van der Waals surface area contributed by atoms with Crippen molar-refractivity contribution in [2.24, 2.45) is 0 Å². The van der Waals surface area contributed by atoms with E-state index in [2.05, 4.69) is 10.6 Å². The van der Waals surface area contributed by atoms with Crippen LogP contribution in [0.2, 0.25) is 0 Å². The zero-order chi connectivity index (χ0) is 14.4. The predicted octanol–water partition coefficient (Wildman–Crippen LogP) is 1.50. The van der Waals surface area contributed by atoms with Crippen molar-refractivity contribution in [1.29, 1.82) is 0 Å². The van der Waals surface area contributed by atoms with E-state index < -0.39 is 5.82 Å². The normalized spacial score (nSPS) is 9.60. The topological polar surface area (TPSA) is 61.4 Å². The van der Waals surface area contributed by atoms with E-state index in [0.29, 0.717) is 18.7 Å². The highest BCUT2D eigenvalue weighted by molar-refractivity contribution is 5.96. The Bertz CT molecular complexity index is 483. The van der Waals surface area contributed by atoms with Crippen molar-refractivity contribution in [2.75, 3.05) is 32.5 Å². The van der Waals surface area contributed by atoms with Crippen molar-refractivity contribution in [3.63, 3.8) is 0 Å². The van der Waals surface area contributed by atoms with E-state index in [0.717, 1.165) is 0 Å². The van der Waals surface area contributed by atoms with Gasteiger partial charge >= 0.3 is 0 Å². The minimum absolute atomic E-state index is 0. The summed E-state index contributed by atoms with van der Waals surface area (Å²) >= 11 is 0. The molecular formula is C13H19ClFN3O2. The molecular weight excluding hydrogens is 285 g/mol. The number of benzene rings is 1. The van der Waals surface area contributed by atoms with Gasteiger partial charge in [0.15, 0.2) is 0 Å². The molecule has 0 aliphatic heterocycles. The third kappa shape index (κ3) is 5.14. The van der Waals surface area contributed by atoms with Gasteiger partial charge < -0.3 is 15.5 Å². The van der Waals surface area contributed by atoms with Crippen molar-refractivity contribution >= 4 is 29.9 Å². The highest BCUT2D eigenvalue weighted by Gasteiger charge is 2.14. The number of rotatable bonds is 5. The lowest BCUT2D eigenvalue weighted by Gasteiger charge is -2.17. The maximum Gasteiger partial charge on any atom is 0.253 e. The number of nitrogens with one attached hydrogen (secondary N) is 2. The average Bonchev–Trinajstić information content (AvgIpc) is 2.37. The van der Waals surface area contributed by atoms with Crippen LogP contribution in [0.3, 0.4) is 0 Å². The summed E-state index contributed by atoms with van der Waals surface area (Å²) in [4.78, 5) is 24.5. The summed E-state index contributed by atoms with van der Waals surface area (Å²) in [5.41, 5.74) is 0.351. The molecule has 1 rings (SSSR count). The van der Waals surface area contributed by atoms with Crippen LogP contribution in [0.25, 0.3) is 0 Å². The minimum Gasteiger partial charge on any atom is -0.340 e. The summed E-state index contributed by atoms with van der Waals surface area (Å²) in [7, 11) is 3.46. The Hall–Kier alpha value is -1.66. The van der Waals surface area contributed by atoms with Gasteiger partial charge in [0.25, 0.3) is 5.91 Å². The van der Waals surface area contributed by atoms with Gasteiger partial charge in [-0.15, -0.1) is 12.4 Å². The summed E-state index contributed by atoms with van der Waals surface area (Å²) in [6.07, 6.45) is 0. The maximum atomic E-state index is 13.4. The van der Waals surface area contributed by atoms with Crippen molar-refractivity contribution < 1.29 is 14.0 Å². The van der Waals surface area contributed by atoms with E-state index in [1.807, 2.05) is 0 Å². The van der Waals surface area contributed by atoms with Crippen LogP contribution in [0, 0.1) is 5.82 Å². The van der Waals surface area contributed by atoms with Crippen LogP contribution in [0.4, 0.5) is 10.1 Å². The fourth-order valence-electron chi connectivity index (χ4n) is 1.55. The number of carbonyl (C=O) groups excluding carboxylic acids is 2. The van der Waals surface area contributed by atoms with Gasteiger partial charge in [-0.3, -0.25) is 9.59 Å². The Kier molecular flexibility index (Phi) is 7.79. The zero-order valence-electron chi connectivity index (χ0n) is 11.7. The molecule has 0 fully saturated rings. The summed E-state index contributed by atoms with van der Waals surface area (Å²) in [5.74, 6) is -1.17. The predicted molar refractivity (Wildman–Crippen MR) is 78.8 cm³/mol. The first-order valence-electron chi connectivity index (χ1n) is 5.93. The molecule has 0 aliphatic rings. The number of likely N-dealkylation sites (N-methyl/N-ethyl adjacent to an activating group) is 2. The van der Waals surface area contributed by atoms with Crippen LogP contribution in [0.1, 0.15) is 17.3 Å². The molecule has 0 bridgehead atoms. The highest BCUT2D eigenvalue weighted by Crippen LogP contribution is 2.17. The summed E-state index contributed by atoms with van der Waals surface area (Å²) in [6, 6.07) is 3.91. The number of carbonyl (C=O) groups is 2. The maximum absolute atomic E-state index is 13.4. The second kappa shape index (κ2) is 8.50. The lowest BCUT2D eigenvalue weighted by Crippen LogP contribution is -2.32. The molecule has 0 spiro atoms. The van der Waals surface area contributed by atoms with Crippen molar-refractivity contribution in [2.45, 2.75) is 6.92 Å². The van der Waals surface area contributed by atoms with Crippen LogP contribution in [-0.2, 0) is 4.79 Å². The second-order valence-electron chi connectivity index (χ2n) is 4.21. The van der Waals surface area contributed by atoms with Crippen LogP contribution < -0.4 is 10.6 Å². The zero-order valence-corrected chi connectivity index (χ0v) is 12.5. The molecule has 0 atom stereocenters. The van der Waals surface area contributed by atoms with E-state index in [9.17, 15) is 14.0 Å². The Balaban J connectivity index is 0.00000361. The van der Waals surface area contributed by atoms with E-state index >= 15 is 0 Å². The van der Waals surface area contributed by atoms with Crippen LogP contribution in [-0.4, -0.2) is 43.9 Å². The van der Waals surface area contributed by atoms with E-state index in [1.165, 1.54) is 30.0 Å². The number of hydrogen-bond acceptors (Lipinski definition) is 3. The van der Waals surface area contributed by atoms with E-state index in [-0.39, 0.29) is 29.9 Å². The average molecular weight is 304 g/mol. The molecule has 20 heavy (non-hydrogen) atoms. The van der Waals surface area contributed by atoms with Crippen molar-refractivity contribution in [1.82, 2.24) is 10.2 Å². The third-order valence-corrected chi connectivity index (χ3v) is 2.57. The van der Waals surface area contributed by atoms with Crippen molar-refractivity contribution in [3.8, 4) is 0 Å². The Morgan fingerprint density at radius 1 is 1.35 bits per heavy atom. The summed E-state index contributed by atoms with van der Waals surface area (Å²) < 4.78 is 13.4. The molecule has 5 nitrogen and oxygen atoms in total. The quantitative estimate of drug-likeness (QED) is 0.866. The molecule has 0 aliphatic carbocycles. The molecule has 0 radical (unpaired) electrons. The van der Waals surface area contributed by atoms with E-state index in [1.54, 1.807) is 14.1 Å². The lowest BCUT2D eigenvalue weighted by atomic mass is 10.1. The number of hydrogen-bond donors (Lipinski definition) is 2. The number of amides is 2. The smallest absolute Gasteiger partial charge is 0.253 e. The molecule has 0 saturated heterocycles. The molecule has 0 unspecified atom stereocenters.